The molecule has 0 saturated carbocycles. The summed E-state index contributed by atoms with van der Waals surface area (Å²) in [6.07, 6.45) is 5.56. The molecule has 1 amide bonds. The third-order valence-electron chi connectivity index (χ3n) is 5.24. The molecule has 0 radical (unpaired) electrons. The van der Waals surface area contributed by atoms with Gasteiger partial charge in [-0.05, 0) is 62.1 Å². The lowest BCUT2D eigenvalue weighted by atomic mass is 9.73. The lowest BCUT2D eigenvalue weighted by molar-refractivity contribution is -0.129. The van der Waals surface area contributed by atoms with Crippen LogP contribution in [-0.4, -0.2) is 51.9 Å². The molecule has 25 heavy (non-hydrogen) atoms. The largest absolute Gasteiger partial charge is 0.342 e. The Balaban J connectivity index is 0.00000225. The highest BCUT2D eigenvalue weighted by Crippen LogP contribution is 2.39. The standard InChI is InChI=1S/C16H25N3O3S2.ClH/c20-14(13-18-24(21,22)15-3-1-12-23-15)19-10-2-4-16(7-11-19)5-8-17-9-6-16;/h1,3,12,17-18H,2,4-11,13H2;1H. The van der Waals surface area contributed by atoms with Gasteiger partial charge in [-0.3, -0.25) is 4.79 Å². The molecule has 3 heterocycles. The van der Waals surface area contributed by atoms with Gasteiger partial charge in [-0.2, -0.15) is 0 Å². The van der Waals surface area contributed by atoms with E-state index in [1.807, 2.05) is 4.90 Å². The number of rotatable bonds is 4. The van der Waals surface area contributed by atoms with Crippen molar-refractivity contribution in [2.75, 3.05) is 32.7 Å². The maximum Gasteiger partial charge on any atom is 0.250 e. The van der Waals surface area contributed by atoms with E-state index in [0.29, 0.717) is 5.41 Å². The van der Waals surface area contributed by atoms with E-state index < -0.39 is 10.0 Å². The van der Waals surface area contributed by atoms with Crippen LogP contribution in [0, 0.1) is 5.41 Å². The van der Waals surface area contributed by atoms with Gasteiger partial charge in [-0.15, -0.1) is 23.7 Å². The third-order valence-corrected chi connectivity index (χ3v) is 8.04. The van der Waals surface area contributed by atoms with Crippen LogP contribution in [0.1, 0.15) is 32.1 Å². The number of hydrogen-bond acceptors (Lipinski definition) is 5. The SMILES string of the molecule is Cl.O=C(CNS(=O)(=O)c1cccs1)N1CCCC2(CCNCC2)CC1. The second-order valence-electron chi connectivity index (χ2n) is 6.74. The number of nitrogens with one attached hydrogen (secondary N) is 2. The molecular formula is C16H26ClN3O3S2. The average Bonchev–Trinajstić information content (AvgIpc) is 3.05. The van der Waals surface area contributed by atoms with E-state index in [9.17, 15) is 13.2 Å². The predicted molar refractivity (Wildman–Crippen MR) is 102 cm³/mol. The van der Waals surface area contributed by atoms with Crippen LogP contribution >= 0.6 is 23.7 Å². The van der Waals surface area contributed by atoms with Crippen LogP contribution in [0.25, 0.3) is 0 Å². The molecule has 2 fully saturated rings. The molecule has 2 saturated heterocycles. The zero-order valence-corrected chi connectivity index (χ0v) is 16.6. The Hall–Kier alpha value is -0.670. The molecule has 1 spiro atoms. The van der Waals surface area contributed by atoms with Crippen molar-refractivity contribution in [1.82, 2.24) is 14.9 Å². The first-order valence-electron chi connectivity index (χ1n) is 8.53. The number of nitrogens with zero attached hydrogens (tertiary/aromatic N) is 1. The number of piperidine rings is 1. The summed E-state index contributed by atoms with van der Waals surface area (Å²) in [5.41, 5.74) is 0.372. The van der Waals surface area contributed by atoms with Crippen molar-refractivity contribution in [2.24, 2.45) is 5.41 Å². The molecule has 0 bridgehead atoms. The molecule has 2 aliphatic heterocycles. The highest BCUT2D eigenvalue weighted by atomic mass is 35.5. The van der Waals surface area contributed by atoms with Gasteiger partial charge in [0.15, 0.2) is 0 Å². The van der Waals surface area contributed by atoms with Gasteiger partial charge in [0.25, 0.3) is 10.0 Å². The molecule has 2 N–H and O–H groups in total. The summed E-state index contributed by atoms with van der Waals surface area (Å²) in [7, 11) is -3.57. The van der Waals surface area contributed by atoms with Crippen LogP contribution in [0.5, 0.6) is 0 Å². The van der Waals surface area contributed by atoms with E-state index in [0.717, 1.165) is 50.4 Å². The lowest BCUT2D eigenvalue weighted by Gasteiger charge is -2.37. The molecule has 9 heteroatoms. The van der Waals surface area contributed by atoms with Crippen molar-refractivity contribution >= 4 is 39.7 Å². The van der Waals surface area contributed by atoms with Gasteiger partial charge in [-0.1, -0.05) is 6.07 Å². The molecule has 6 nitrogen and oxygen atoms in total. The molecule has 0 atom stereocenters. The quantitative estimate of drug-likeness (QED) is 0.798. The number of thiophene rings is 1. The number of halogens is 1. The fourth-order valence-electron chi connectivity index (χ4n) is 3.72. The van der Waals surface area contributed by atoms with Crippen molar-refractivity contribution in [2.45, 2.75) is 36.3 Å². The van der Waals surface area contributed by atoms with Crippen LogP contribution in [0.2, 0.25) is 0 Å². The normalized spacial score (nSPS) is 20.7. The van der Waals surface area contributed by atoms with Crippen LogP contribution in [0.4, 0.5) is 0 Å². The van der Waals surface area contributed by atoms with Gasteiger partial charge in [-0.25, -0.2) is 13.1 Å². The summed E-state index contributed by atoms with van der Waals surface area (Å²) < 4.78 is 26.9. The fourth-order valence-corrected chi connectivity index (χ4v) is 5.73. The Morgan fingerprint density at radius 3 is 2.68 bits per heavy atom. The van der Waals surface area contributed by atoms with E-state index in [-0.39, 0.29) is 29.1 Å². The number of carbonyl (C=O) groups is 1. The monoisotopic (exact) mass is 407 g/mol. The minimum absolute atomic E-state index is 0. The Kier molecular flexibility index (Phi) is 7.28. The van der Waals surface area contributed by atoms with Crippen molar-refractivity contribution in [3.05, 3.63) is 17.5 Å². The fraction of sp³-hybridized carbons (Fsp3) is 0.688. The van der Waals surface area contributed by atoms with Crippen molar-refractivity contribution < 1.29 is 13.2 Å². The molecular weight excluding hydrogens is 382 g/mol. The van der Waals surface area contributed by atoms with Gasteiger partial charge in [0.1, 0.15) is 4.21 Å². The highest BCUT2D eigenvalue weighted by molar-refractivity contribution is 7.91. The molecule has 1 aromatic heterocycles. The number of sulfonamides is 1. The van der Waals surface area contributed by atoms with E-state index in [2.05, 4.69) is 10.0 Å². The Morgan fingerprint density at radius 1 is 1.24 bits per heavy atom. The smallest absolute Gasteiger partial charge is 0.250 e. The Bertz CT molecular complexity index is 658. The van der Waals surface area contributed by atoms with Crippen LogP contribution in [-0.2, 0) is 14.8 Å². The summed E-state index contributed by atoms with van der Waals surface area (Å²) in [4.78, 5) is 14.3. The average molecular weight is 408 g/mol. The topological polar surface area (TPSA) is 78.5 Å². The minimum Gasteiger partial charge on any atom is -0.342 e. The van der Waals surface area contributed by atoms with Crippen molar-refractivity contribution in [3.8, 4) is 0 Å². The van der Waals surface area contributed by atoms with E-state index in [1.54, 1.807) is 17.5 Å². The predicted octanol–water partition coefficient (Wildman–Crippen LogP) is 1.83. The molecule has 1 aromatic rings. The van der Waals surface area contributed by atoms with Crippen LogP contribution in [0.3, 0.4) is 0 Å². The summed E-state index contributed by atoms with van der Waals surface area (Å²) in [6.45, 7) is 3.44. The summed E-state index contributed by atoms with van der Waals surface area (Å²) in [6, 6.07) is 3.23. The summed E-state index contributed by atoms with van der Waals surface area (Å²) >= 11 is 1.15. The number of amides is 1. The van der Waals surface area contributed by atoms with E-state index in [4.69, 9.17) is 0 Å². The summed E-state index contributed by atoms with van der Waals surface area (Å²) in [5.74, 6) is -0.124. The van der Waals surface area contributed by atoms with Gasteiger partial charge in [0.05, 0.1) is 6.54 Å². The van der Waals surface area contributed by atoms with E-state index in [1.165, 1.54) is 19.3 Å². The van der Waals surface area contributed by atoms with Gasteiger partial charge in [0.2, 0.25) is 5.91 Å². The molecule has 3 rings (SSSR count). The molecule has 142 valence electrons. The second-order valence-corrected chi connectivity index (χ2v) is 9.68. The van der Waals surface area contributed by atoms with Gasteiger partial charge in [0, 0.05) is 13.1 Å². The first-order valence-corrected chi connectivity index (χ1v) is 10.9. The first-order chi connectivity index (χ1) is 11.5. The van der Waals surface area contributed by atoms with Crippen molar-refractivity contribution in [1.29, 1.82) is 0 Å². The molecule has 2 aliphatic rings. The summed E-state index contributed by atoms with van der Waals surface area (Å²) in [5, 5.41) is 5.12. The highest BCUT2D eigenvalue weighted by Gasteiger charge is 2.34. The minimum atomic E-state index is -3.57. The lowest BCUT2D eigenvalue weighted by Crippen LogP contribution is -2.41. The Labute approximate surface area is 159 Å². The van der Waals surface area contributed by atoms with Crippen molar-refractivity contribution in [3.63, 3.8) is 0 Å². The number of carbonyl (C=O) groups excluding carboxylic acids is 1. The van der Waals surface area contributed by atoms with Crippen LogP contribution < -0.4 is 10.0 Å². The zero-order valence-electron chi connectivity index (χ0n) is 14.2. The third kappa shape index (κ3) is 5.17. The molecule has 0 unspecified atom stereocenters. The molecule has 0 aliphatic carbocycles. The van der Waals surface area contributed by atoms with E-state index >= 15 is 0 Å². The number of hydrogen-bond donors (Lipinski definition) is 2. The molecule has 0 aromatic carbocycles. The first kappa shape index (κ1) is 20.6. The second kappa shape index (κ2) is 8.81. The van der Waals surface area contributed by atoms with Crippen LogP contribution in [0.15, 0.2) is 21.7 Å². The Morgan fingerprint density at radius 2 is 2.00 bits per heavy atom. The zero-order chi connectivity index (χ0) is 17.0. The maximum atomic E-state index is 12.4. The van der Waals surface area contributed by atoms with Gasteiger partial charge >= 0.3 is 0 Å². The maximum absolute atomic E-state index is 12.4. The number of likely N-dealkylation sites (tertiary alicyclic amines) is 1. The van der Waals surface area contributed by atoms with Gasteiger partial charge < -0.3 is 10.2 Å².